The summed E-state index contributed by atoms with van der Waals surface area (Å²) in [5.74, 6) is 2.92. The Balaban J connectivity index is 1.76. The molecule has 3 aromatic rings. The maximum Gasteiger partial charge on any atom is 0.188 e. The molecule has 3 aromatic carbocycles. The Morgan fingerprint density at radius 1 is 0.833 bits per heavy atom. The van der Waals surface area contributed by atoms with E-state index in [9.17, 15) is 17.6 Å². The fraction of sp³-hybridized carbons (Fsp3) is 0.259. The molecule has 1 heterocycles. The molecule has 4 rings (SSSR count). The highest BCUT2D eigenvalue weighted by atomic mass is 19.2. The molecule has 1 fully saturated rings. The molecule has 0 unspecified atom stereocenters. The molecule has 0 atom stereocenters. The number of ether oxygens (including phenoxy) is 3. The van der Waals surface area contributed by atoms with Crippen LogP contribution in [0.2, 0.25) is 0 Å². The number of methoxy groups -OCH3 is 1. The lowest BCUT2D eigenvalue weighted by Crippen LogP contribution is -2.14. The summed E-state index contributed by atoms with van der Waals surface area (Å²) in [6, 6.07) is 10.1. The van der Waals surface area contributed by atoms with Crippen molar-refractivity contribution < 1.29 is 31.8 Å². The Kier molecular flexibility index (Phi) is 8.31. The molecule has 0 aliphatic carbocycles. The molecule has 5 nitrogen and oxygen atoms in total. The van der Waals surface area contributed by atoms with Gasteiger partial charge in [0.05, 0.1) is 11.3 Å². The molecule has 0 bridgehead atoms. The lowest BCUT2D eigenvalue weighted by Gasteiger charge is -2.18. The average molecular weight is 500 g/mol. The van der Waals surface area contributed by atoms with Crippen LogP contribution >= 0.6 is 0 Å². The third-order valence-electron chi connectivity index (χ3n) is 5.46. The second-order valence-electron chi connectivity index (χ2n) is 8.11. The second-order valence-corrected chi connectivity index (χ2v) is 8.11. The molecule has 188 valence electrons. The minimum absolute atomic E-state index is 0.0782. The number of halogens is 4. The van der Waals surface area contributed by atoms with Crippen LogP contribution in [-0.2, 0) is 9.47 Å². The van der Waals surface area contributed by atoms with Gasteiger partial charge in [-0.15, -0.1) is 0 Å². The molecule has 36 heavy (non-hydrogen) atoms. The highest BCUT2D eigenvalue weighted by Crippen LogP contribution is 2.35. The molecule has 9 heteroatoms. The number of anilines is 4. The second kappa shape index (κ2) is 11.8. The molecule has 1 aliphatic heterocycles. The summed E-state index contributed by atoms with van der Waals surface area (Å²) in [6.45, 7) is 1.18. The minimum Gasteiger partial charge on any atom is -0.466 e. The van der Waals surface area contributed by atoms with Crippen LogP contribution in [0.4, 0.5) is 40.3 Å². The maximum atomic E-state index is 13.9. The SMILES string of the molecule is COCOc1cc(Nc2ccc(F)c(F)c2)cc(Nc2ccc(F)c(F)c2)c1C#CC1CCOCC1. The third-order valence-corrected chi connectivity index (χ3v) is 5.46. The van der Waals surface area contributed by atoms with Crippen molar-refractivity contribution in [2.24, 2.45) is 5.92 Å². The van der Waals surface area contributed by atoms with Gasteiger partial charge in [0, 0.05) is 61.5 Å². The predicted molar refractivity (Wildman–Crippen MR) is 129 cm³/mol. The van der Waals surface area contributed by atoms with Crippen molar-refractivity contribution in [3.63, 3.8) is 0 Å². The molecule has 0 aromatic heterocycles. The number of hydrogen-bond donors (Lipinski definition) is 2. The normalized spacial score (nSPS) is 13.6. The van der Waals surface area contributed by atoms with E-state index in [2.05, 4.69) is 22.5 Å². The van der Waals surface area contributed by atoms with Crippen molar-refractivity contribution in [2.45, 2.75) is 12.8 Å². The van der Waals surface area contributed by atoms with Gasteiger partial charge in [-0.25, -0.2) is 17.6 Å². The smallest absolute Gasteiger partial charge is 0.188 e. The van der Waals surface area contributed by atoms with Crippen molar-refractivity contribution >= 4 is 22.7 Å². The Labute approximate surface area is 206 Å². The quantitative estimate of drug-likeness (QED) is 0.221. The van der Waals surface area contributed by atoms with E-state index in [0.717, 1.165) is 37.1 Å². The summed E-state index contributed by atoms with van der Waals surface area (Å²) >= 11 is 0. The fourth-order valence-electron chi connectivity index (χ4n) is 3.64. The standard InChI is InChI=1S/C27H24F4N2O3/c1-34-16-36-27-15-20(32-18-3-6-22(28)24(30)12-18)14-26(33-19-4-7-23(29)25(31)13-19)21(27)5-2-17-8-10-35-11-9-17/h3-4,6-7,12-15,17,32-33H,8-11,16H2,1H3. The Hall–Kier alpha value is -3.74. The zero-order valence-electron chi connectivity index (χ0n) is 19.5. The van der Waals surface area contributed by atoms with Crippen molar-refractivity contribution in [2.75, 3.05) is 37.8 Å². The van der Waals surface area contributed by atoms with E-state index in [1.165, 1.54) is 19.2 Å². The van der Waals surface area contributed by atoms with Crippen LogP contribution < -0.4 is 15.4 Å². The first-order valence-corrected chi connectivity index (χ1v) is 11.3. The van der Waals surface area contributed by atoms with Gasteiger partial charge in [0.2, 0.25) is 0 Å². The van der Waals surface area contributed by atoms with Crippen LogP contribution in [0, 0.1) is 41.0 Å². The van der Waals surface area contributed by atoms with Crippen molar-refractivity contribution in [1.29, 1.82) is 0 Å². The van der Waals surface area contributed by atoms with Crippen LogP contribution in [0.5, 0.6) is 5.75 Å². The number of hydrogen-bond acceptors (Lipinski definition) is 5. The summed E-state index contributed by atoms with van der Waals surface area (Å²) in [5.41, 5.74) is 1.93. The summed E-state index contributed by atoms with van der Waals surface area (Å²) in [4.78, 5) is 0. The molecule has 2 N–H and O–H groups in total. The summed E-state index contributed by atoms with van der Waals surface area (Å²) in [5, 5.41) is 6.06. The molecule has 1 aliphatic rings. The lowest BCUT2D eigenvalue weighted by atomic mass is 10.00. The molecule has 0 saturated carbocycles. The van der Waals surface area contributed by atoms with Gasteiger partial charge in [-0.05, 0) is 43.2 Å². The largest absolute Gasteiger partial charge is 0.466 e. The minimum atomic E-state index is -1.01. The van der Waals surface area contributed by atoms with E-state index in [-0.39, 0.29) is 18.4 Å². The van der Waals surface area contributed by atoms with Crippen molar-refractivity contribution in [3.8, 4) is 17.6 Å². The number of benzene rings is 3. The average Bonchev–Trinajstić information content (AvgIpc) is 2.87. The van der Waals surface area contributed by atoms with Crippen molar-refractivity contribution in [3.05, 3.63) is 77.4 Å². The molecular formula is C27H24F4N2O3. The Bertz CT molecular complexity index is 1280. The van der Waals surface area contributed by atoms with Gasteiger partial charge < -0.3 is 24.8 Å². The lowest BCUT2D eigenvalue weighted by molar-refractivity contribution is 0.0510. The molecule has 0 spiro atoms. The predicted octanol–water partition coefficient (Wildman–Crippen LogP) is 6.49. The monoisotopic (exact) mass is 500 g/mol. The number of rotatable bonds is 7. The Morgan fingerprint density at radius 3 is 2.08 bits per heavy atom. The van der Waals surface area contributed by atoms with Crippen LogP contribution in [0.3, 0.4) is 0 Å². The maximum absolute atomic E-state index is 13.9. The fourth-order valence-corrected chi connectivity index (χ4v) is 3.64. The summed E-state index contributed by atoms with van der Waals surface area (Å²) < 4.78 is 70.7. The Morgan fingerprint density at radius 2 is 1.47 bits per heavy atom. The zero-order chi connectivity index (χ0) is 25.5. The first-order chi connectivity index (χ1) is 17.4. The van der Waals surface area contributed by atoms with Gasteiger partial charge in [0.25, 0.3) is 0 Å². The first kappa shape index (κ1) is 25.4. The van der Waals surface area contributed by atoms with E-state index >= 15 is 0 Å². The molecule has 1 saturated heterocycles. The first-order valence-electron chi connectivity index (χ1n) is 11.3. The van der Waals surface area contributed by atoms with E-state index in [1.54, 1.807) is 12.1 Å². The van der Waals surface area contributed by atoms with E-state index < -0.39 is 23.3 Å². The van der Waals surface area contributed by atoms with Crippen molar-refractivity contribution in [1.82, 2.24) is 0 Å². The van der Waals surface area contributed by atoms with E-state index in [4.69, 9.17) is 14.2 Å². The third kappa shape index (κ3) is 6.47. The topological polar surface area (TPSA) is 51.8 Å². The molecule has 0 amide bonds. The van der Waals surface area contributed by atoms with Gasteiger partial charge in [-0.3, -0.25) is 0 Å². The van der Waals surface area contributed by atoms with Crippen LogP contribution in [-0.4, -0.2) is 27.1 Å². The zero-order valence-corrected chi connectivity index (χ0v) is 19.5. The number of nitrogens with one attached hydrogen (secondary N) is 2. The highest BCUT2D eigenvalue weighted by molar-refractivity contribution is 5.78. The van der Waals surface area contributed by atoms with Gasteiger partial charge in [0.1, 0.15) is 5.75 Å². The van der Waals surface area contributed by atoms with Gasteiger partial charge in [-0.2, -0.15) is 0 Å². The van der Waals surface area contributed by atoms with Gasteiger partial charge in [0.15, 0.2) is 30.1 Å². The van der Waals surface area contributed by atoms with Crippen LogP contribution in [0.25, 0.3) is 0 Å². The van der Waals surface area contributed by atoms with Crippen LogP contribution in [0.1, 0.15) is 18.4 Å². The van der Waals surface area contributed by atoms with Crippen LogP contribution in [0.15, 0.2) is 48.5 Å². The van der Waals surface area contributed by atoms with E-state index in [0.29, 0.717) is 41.6 Å². The summed E-state index contributed by atoms with van der Waals surface area (Å²) in [7, 11) is 1.47. The van der Waals surface area contributed by atoms with Gasteiger partial charge >= 0.3 is 0 Å². The highest BCUT2D eigenvalue weighted by Gasteiger charge is 2.16. The molecule has 0 radical (unpaired) electrons. The van der Waals surface area contributed by atoms with Gasteiger partial charge in [-0.1, -0.05) is 11.8 Å². The summed E-state index contributed by atoms with van der Waals surface area (Å²) in [6.07, 6.45) is 1.59. The van der Waals surface area contributed by atoms with E-state index in [1.807, 2.05) is 0 Å². The molecular weight excluding hydrogens is 476 g/mol.